The fourth-order valence-corrected chi connectivity index (χ4v) is 3.48. The zero-order valence-corrected chi connectivity index (χ0v) is 12.9. The van der Waals surface area contributed by atoms with Crippen molar-refractivity contribution in [2.75, 3.05) is 13.7 Å². The Kier molecular flexibility index (Phi) is 4.94. The number of ether oxygens (including phenoxy) is 1. The quantitative estimate of drug-likeness (QED) is 0.822. The van der Waals surface area contributed by atoms with Crippen LogP contribution in [0.2, 0.25) is 0 Å². The average molecular weight is 286 g/mol. The molecule has 0 amide bonds. The van der Waals surface area contributed by atoms with Gasteiger partial charge in [0, 0.05) is 31.4 Å². The zero-order valence-electron chi connectivity index (χ0n) is 12.9. The Morgan fingerprint density at radius 2 is 2.05 bits per heavy atom. The Morgan fingerprint density at radius 3 is 2.95 bits per heavy atom. The lowest BCUT2D eigenvalue weighted by molar-refractivity contribution is 0.0418. The summed E-state index contributed by atoms with van der Waals surface area (Å²) in [6, 6.07) is 11.3. The average Bonchev–Trinajstić information content (AvgIpc) is 2.95. The second-order valence-electron chi connectivity index (χ2n) is 6.04. The second kappa shape index (κ2) is 7.10. The minimum Gasteiger partial charge on any atom is -0.380 e. The Labute approximate surface area is 127 Å². The van der Waals surface area contributed by atoms with E-state index >= 15 is 0 Å². The molecule has 1 aromatic heterocycles. The van der Waals surface area contributed by atoms with Gasteiger partial charge in [0.05, 0.1) is 6.10 Å². The van der Waals surface area contributed by atoms with Gasteiger partial charge in [-0.15, -0.1) is 0 Å². The lowest BCUT2D eigenvalue weighted by atomic mass is 9.92. The Morgan fingerprint density at radius 1 is 1.19 bits per heavy atom. The number of rotatable bonds is 6. The Hall–Kier alpha value is -1.32. The van der Waals surface area contributed by atoms with Crippen molar-refractivity contribution in [3.05, 3.63) is 36.5 Å². The molecule has 21 heavy (non-hydrogen) atoms. The fourth-order valence-electron chi connectivity index (χ4n) is 3.48. The van der Waals surface area contributed by atoms with Gasteiger partial charge in [-0.25, -0.2) is 0 Å². The van der Waals surface area contributed by atoms with Crippen molar-refractivity contribution >= 4 is 10.9 Å². The van der Waals surface area contributed by atoms with Gasteiger partial charge < -0.3 is 14.6 Å². The van der Waals surface area contributed by atoms with E-state index < -0.39 is 0 Å². The predicted molar refractivity (Wildman–Crippen MR) is 87.6 cm³/mol. The van der Waals surface area contributed by atoms with E-state index in [0.717, 1.165) is 19.5 Å². The molecule has 0 bridgehead atoms. The van der Waals surface area contributed by atoms with Crippen LogP contribution in [0.3, 0.4) is 0 Å². The third kappa shape index (κ3) is 3.47. The number of methoxy groups -OCH3 is 1. The number of fused-ring (bicyclic) bond motifs is 1. The van der Waals surface area contributed by atoms with E-state index in [4.69, 9.17) is 4.74 Å². The number of hydrogen-bond donors (Lipinski definition) is 1. The molecule has 0 radical (unpaired) electrons. The summed E-state index contributed by atoms with van der Waals surface area (Å²) in [4.78, 5) is 0. The van der Waals surface area contributed by atoms with Crippen molar-refractivity contribution in [1.82, 2.24) is 9.88 Å². The number of aryl methyl sites for hydroxylation is 1. The topological polar surface area (TPSA) is 26.2 Å². The van der Waals surface area contributed by atoms with E-state index in [9.17, 15) is 0 Å². The van der Waals surface area contributed by atoms with E-state index in [-0.39, 0.29) is 0 Å². The van der Waals surface area contributed by atoms with Crippen LogP contribution in [-0.2, 0) is 11.3 Å². The number of hydrogen-bond acceptors (Lipinski definition) is 2. The first-order valence-electron chi connectivity index (χ1n) is 8.18. The summed E-state index contributed by atoms with van der Waals surface area (Å²) in [5.74, 6) is 0. The molecule has 3 rings (SSSR count). The van der Waals surface area contributed by atoms with Gasteiger partial charge in [0.15, 0.2) is 0 Å². The molecule has 1 fully saturated rings. The van der Waals surface area contributed by atoms with Gasteiger partial charge in [-0.1, -0.05) is 31.0 Å². The van der Waals surface area contributed by atoms with Crippen LogP contribution in [0.1, 0.15) is 32.1 Å². The molecule has 114 valence electrons. The van der Waals surface area contributed by atoms with Gasteiger partial charge in [0.1, 0.15) is 0 Å². The fraction of sp³-hybridized carbons (Fsp3) is 0.556. The van der Waals surface area contributed by atoms with Gasteiger partial charge in [-0.3, -0.25) is 0 Å². The summed E-state index contributed by atoms with van der Waals surface area (Å²) in [7, 11) is 1.84. The maximum Gasteiger partial charge on any atom is 0.0724 e. The van der Waals surface area contributed by atoms with Crippen LogP contribution in [-0.4, -0.2) is 30.4 Å². The summed E-state index contributed by atoms with van der Waals surface area (Å²) in [5.41, 5.74) is 1.34. The van der Waals surface area contributed by atoms with Gasteiger partial charge in [-0.05, 0) is 43.3 Å². The highest BCUT2D eigenvalue weighted by Crippen LogP contribution is 2.20. The Bertz CT molecular complexity index is 563. The lowest BCUT2D eigenvalue weighted by Gasteiger charge is -2.31. The molecule has 0 saturated heterocycles. The molecule has 1 aliphatic rings. The summed E-state index contributed by atoms with van der Waals surface area (Å²) in [6.07, 6.45) is 8.87. The summed E-state index contributed by atoms with van der Waals surface area (Å²) in [5, 5.41) is 5.03. The van der Waals surface area contributed by atoms with Crippen LogP contribution < -0.4 is 5.32 Å². The molecule has 1 heterocycles. The normalized spacial score (nSPS) is 22.7. The molecule has 1 saturated carbocycles. The molecule has 3 nitrogen and oxygen atoms in total. The lowest BCUT2D eigenvalue weighted by Crippen LogP contribution is -2.43. The number of para-hydroxylation sites is 1. The van der Waals surface area contributed by atoms with Crippen molar-refractivity contribution < 1.29 is 4.74 Å². The predicted octanol–water partition coefficient (Wildman–Crippen LogP) is 3.58. The largest absolute Gasteiger partial charge is 0.380 e. The zero-order chi connectivity index (χ0) is 14.5. The van der Waals surface area contributed by atoms with Crippen molar-refractivity contribution in [2.45, 2.75) is 50.8 Å². The maximum atomic E-state index is 5.60. The van der Waals surface area contributed by atoms with Gasteiger partial charge in [0.2, 0.25) is 0 Å². The van der Waals surface area contributed by atoms with Crippen molar-refractivity contribution in [2.24, 2.45) is 0 Å². The van der Waals surface area contributed by atoms with E-state index in [1.165, 1.54) is 36.6 Å². The minimum absolute atomic E-state index is 0.408. The number of nitrogens with one attached hydrogen (secondary N) is 1. The SMILES string of the molecule is COC1CCCCC1NCCCn1ccc2ccccc21. The summed E-state index contributed by atoms with van der Waals surface area (Å²) in [6.45, 7) is 2.14. The maximum absolute atomic E-state index is 5.60. The second-order valence-corrected chi connectivity index (χ2v) is 6.04. The smallest absolute Gasteiger partial charge is 0.0724 e. The van der Waals surface area contributed by atoms with Crippen molar-refractivity contribution in [3.63, 3.8) is 0 Å². The third-order valence-corrected chi connectivity index (χ3v) is 4.67. The molecule has 3 heteroatoms. The number of aromatic nitrogens is 1. The highest BCUT2D eigenvalue weighted by atomic mass is 16.5. The number of nitrogens with zero attached hydrogens (tertiary/aromatic N) is 1. The summed E-state index contributed by atoms with van der Waals surface area (Å²) >= 11 is 0. The molecule has 2 unspecified atom stereocenters. The van der Waals surface area contributed by atoms with Crippen LogP contribution in [0.5, 0.6) is 0 Å². The minimum atomic E-state index is 0.408. The Balaban J connectivity index is 1.48. The molecule has 1 aromatic carbocycles. The molecular weight excluding hydrogens is 260 g/mol. The van der Waals surface area contributed by atoms with E-state index in [2.05, 4.69) is 46.4 Å². The van der Waals surface area contributed by atoms with Crippen LogP contribution in [0.25, 0.3) is 10.9 Å². The molecule has 2 atom stereocenters. The first kappa shape index (κ1) is 14.6. The third-order valence-electron chi connectivity index (χ3n) is 4.67. The molecule has 2 aromatic rings. The van der Waals surface area contributed by atoms with Crippen molar-refractivity contribution in [3.8, 4) is 0 Å². The first-order chi connectivity index (χ1) is 10.4. The first-order valence-corrected chi connectivity index (χ1v) is 8.18. The van der Waals surface area contributed by atoms with E-state index in [0.29, 0.717) is 12.1 Å². The number of benzene rings is 1. The molecule has 1 aliphatic carbocycles. The van der Waals surface area contributed by atoms with Crippen LogP contribution in [0.4, 0.5) is 0 Å². The molecule has 1 N–H and O–H groups in total. The molecular formula is C18H26N2O. The van der Waals surface area contributed by atoms with Gasteiger partial charge in [-0.2, -0.15) is 0 Å². The highest BCUT2D eigenvalue weighted by Gasteiger charge is 2.23. The van der Waals surface area contributed by atoms with Crippen LogP contribution in [0, 0.1) is 0 Å². The van der Waals surface area contributed by atoms with Gasteiger partial charge >= 0.3 is 0 Å². The highest BCUT2D eigenvalue weighted by molar-refractivity contribution is 5.79. The van der Waals surface area contributed by atoms with E-state index in [1.54, 1.807) is 0 Å². The summed E-state index contributed by atoms with van der Waals surface area (Å²) < 4.78 is 7.95. The van der Waals surface area contributed by atoms with E-state index in [1.807, 2.05) is 7.11 Å². The molecule has 0 aliphatic heterocycles. The van der Waals surface area contributed by atoms with Crippen LogP contribution in [0.15, 0.2) is 36.5 Å². The standard InChI is InChI=1S/C18H26N2O/c1-21-18-10-5-3-8-16(18)19-12-6-13-20-14-11-15-7-2-4-9-17(15)20/h2,4,7,9,11,14,16,18-19H,3,5-6,8,10,12-13H2,1H3. The van der Waals surface area contributed by atoms with Gasteiger partial charge in [0.25, 0.3) is 0 Å². The monoisotopic (exact) mass is 286 g/mol. The molecule has 0 spiro atoms. The van der Waals surface area contributed by atoms with Crippen molar-refractivity contribution in [1.29, 1.82) is 0 Å². The van der Waals surface area contributed by atoms with Crippen LogP contribution >= 0.6 is 0 Å².